The third-order valence-electron chi connectivity index (χ3n) is 5.88. The number of aromatic nitrogens is 3. The average Bonchev–Trinajstić information content (AvgIpc) is 3.31. The summed E-state index contributed by atoms with van der Waals surface area (Å²) < 4.78 is 1.88. The highest BCUT2D eigenvalue weighted by atomic mass is 16.2. The number of nitrogens with zero attached hydrogens (tertiary/aromatic N) is 4. The Morgan fingerprint density at radius 1 is 1.11 bits per heavy atom. The van der Waals surface area contributed by atoms with Crippen molar-refractivity contribution < 1.29 is 4.79 Å². The zero-order valence-corrected chi connectivity index (χ0v) is 15.5. The second kappa shape index (κ2) is 6.74. The molecule has 0 radical (unpaired) electrons. The van der Waals surface area contributed by atoms with Gasteiger partial charge in [-0.1, -0.05) is 36.4 Å². The molecule has 2 fully saturated rings. The van der Waals surface area contributed by atoms with E-state index in [2.05, 4.69) is 21.5 Å². The van der Waals surface area contributed by atoms with E-state index in [1.165, 1.54) is 0 Å². The van der Waals surface area contributed by atoms with Crippen molar-refractivity contribution in [2.24, 2.45) is 0 Å². The first-order valence-electron chi connectivity index (χ1n) is 9.71. The molecule has 28 heavy (non-hydrogen) atoms. The second-order valence-corrected chi connectivity index (χ2v) is 7.58. The van der Waals surface area contributed by atoms with E-state index in [1.54, 1.807) is 11.2 Å². The monoisotopic (exact) mass is 374 g/mol. The van der Waals surface area contributed by atoms with Crippen LogP contribution in [0.2, 0.25) is 0 Å². The number of urea groups is 1. The lowest BCUT2D eigenvalue weighted by Gasteiger charge is -2.37. The normalized spacial score (nSPS) is 24.4. The molecule has 1 saturated heterocycles. The topological polar surface area (TPSA) is 86.4 Å². The van der Waals surface area contributed by atoms with Crippen molar-refractivity contribution in [3.8, 4) is 0 Å². The average molecular weight is 374 g/mol. The number of amidine groups is 1. The third-order valence-corrected chi connectivity index (χ3v) is 5.88. The molecule has 1 aliphatic carbocycles. The van der Waals surface area contributed by atoms with Crippen LogP contribution in [-0.4, -0.2) is 37.4 Å². The van der Waals surface area contributed by atoms with Crippen molar-refractivity contribution in [1.82, 2.24) is 24.8 Å². The number of likely N-dealkylation sites (tertiary alicyclic amines) is 1. The highest BCUT2D eigenvalue weighted by Crippen LogP contribution is 2.38. The molecule has 1 saturated carbocycles. The van der Waals surface area contributed by atoms with Gasteiger partial charge in [0.05, 0.1) is 6.04 Å². The minimum Gasteiger partial charge on any atom is -0.335 e. The van der Waals surface area contributed by atoms with Crippen LogP contribution in [0.25, 0.3) is 5.65 Å². The first kappa shape index (κ1) is 16.9. The standard InChI is InChI=1S/C21H22N6O/c22-19-10-9-17(14-5-2-1-3-6-14)26(19)21(28)25-16-11-15(12-16)18-7-4-8-20-23-13-24-27(18)20/h1-8,13,15-17,22H,9-12H2,(H,25,28)/t15?,16?,17-/m0/s1. The number of nitrogens with one attached hydrogen (secondary N) is 2. The molecule has 2 aliphatic rings. The Kier molecular flexibility index (Phi) is 4.07. The van der Waals surface area contributed by atoms with Crippen LogP contribution in [-0.2, 0) is 0 Å². The van der Waals surface area contributed by atoms with Gasteiger partial charge in [-0.2, -0.15) is 5.10 Å². The lowest BCUT2D eigenvalue weighted by molar-refractivity contribution is 0.194. The molecule has 0 bridgehead atoms. The van der Waals surface area contributed by atoms with Crippen LogP contribution < -0.4 is 5.32 Å². The zero-order chi connectivity index (χ0) is 19.1. The van der Waals surface area contributed by atoms with Crippen LogP contribution in [0.4, 0.5) is 4.79 Å². The van der Waals surface area contributed by atoms with Crippen molar-refractivity contribution in [3.05, 3.63) is 66.1 Å². The molecule has 1 aromatic carbocycles. The number of hydrogen-bond acceptors (Lipinski definition) is 4. The van der Waals surface area contributed by atoms with Gasteiger partial charge in [0.25, 0.3) is 0 Å². The predicted molar refractivity (Wildman–Crippen MR) is 105 cm³/mol. The molecule has 142 valence electrons. The number of benzene rings is 1. The molecule has 2 amide bonds. The Hall–Kier alpha value is -3.22. The zero-order valence-electron chi connectivity index (χ0n) is 15.5. The maximum atomic E-state index is 12.9. The summed E-state index contributed by atoms with van der Waals surface area (Å²) in [7, 11) is 0. The maximum Gasteiger partial charge on any atom is 0.323 e. The van der Waals surface area contributed by atoms with E-state index in [0.717, 1.165) is 36.2 Å². The van der Waals surface area contributed by atoms with E-state index in [9.17, 15) is 4.79 Å². The molecular formula is C21H22N6O. The molecule has 2 N–H and O–H groups in total. The van der Waals surface area contributed by atoms with Gasteiger partial charge in [0.1, 0.15) is 12.2 Å². The van der Waals surface area contributed by atoms with Crippen molar-refractivity contribution in [2.45, 2.75) is 43.7 Å². The summed E-state index contributed by atoms with van der Waals surface area (Å²) in [5, 5.41) is 15.7. The van der Waals surface area contributed by atoms with Gasteiger partial charge in [-0.3, -0.25) is 10.3 Å². The van der Waals surface area contributed by atoms with Gasteiger partial charge >= 0.3 is 6.03 Å². The number of amides is 2. The summed E-state index contributed by atoms with van der Waals surface area (Å²) in [4.78, 5) is 18.8. The number of fused-ring (bicyclic) bond motifs is 1. The number of pyridine rings is 1. The summed E-state index contributed by atoms with van der Waals surface area (Å²) in [6.07, 6.45) is 4.76. The fraction of sp³-hybridized carbons (Fsp3) is 0.333. The van der Waals surface area contributed by atoms with Crippen molar-refractivity contribution in [1.29, 1.82) is 5.41 Å². The molecule has 3 heterocycles. The Bertz CT molecular complexity index is 1020. The molecule has 0 unspecified atom stereocenters. The van der Waals surface area contributed by atoms with Crippen molar-refractivity contribution in [2.75, 3.05) is 0 Å². The van der Waals surface area contributed by atoms with Crippen LogP contribution in [0.15, 0.2) is 54.9 Å². The molecule has 7 heteroatoms. The number of rotatable bonds is 3. The fourth-order valence-corrected chi connectivity index (χ4v) is 4.36. The predicted octanol–water partition coefficient (Wildman–Crippen LogP) is 3.50. The number of carbonyl (C=O) groups excluding carboxylic acids is 1. The third kappa shape index (κ3) is 2.83. The largest absolute Gasteiger partial charge is 0.335 e. The Morgan fingerprint density at radius 2 is 1.93 bits per heavy atom. The summed E-state index contributed by atoms with van der Waals surface area (Å²) in [6.45, 7) is 0. The summed E-state index contributed by atoms with van der Waals surface area (Å²) in [6, 6.07) is 15.9. The molecule has 3 aromatic rings. The van der Waals surface area contributed by atoms with Crippen LogP contribution in [0, 0.1) is 5.41 Å². The van der Waals surface area contributed by atoms with Gasteiger partial charge in [0, 0.05) is 24.1 Å². The van der Waals surface area contributed by atoms with Gasteiger partial charge in [0.15, 0.2) is 5.65 Å². The first-order chi connectivity index (χ1) is 13.7. The minimum absolute atomic E-state index is 0.0477. The second-order valence-electron chi connectivity index (χ2n) is 7.58. The van der Waals surface area contributed by atoms with Gasteiger partial charge in [-0.25, -0.2) is 14.3 Å². The van der Waals surface area contributed by atoms with Gasteiger partial charge < -0.3 is 5.32 Å². The van der Waals surface area contributed by atoms with Crippen molar-refractivity contribution >= 4 is 17.5 Å². The van der Waals surface area contributed by atoms with Gasteiger partial charge in [0.2, 0.25) is 0 Å². The van der Waals surface area contributed by atoms with E-state index in [-0.39, 0.29) is 18.1 Å². The number of hydrogen-bond donors (Lipinski definition) is 2. The Morgan fingerprint density at radius 3 is 2.75 bits per heavy atom. The lowest BCUT2D eigenvalue weighted by Crippen LogP contribution is -2.50. The summed E-state index contributed by atoms with van der Waals surface area (Å²) in [5.74, 6) is 0.758. The van der Waals surface area contributed by atoms with Gasteiger partial charge in [-0.05, 0) is 37.0 Å². The first-order valence-corrected chi connectivity index (χ1v) is 9.71. The lowest BCUT2D eigenvalue weighted by atomic mass is 9.78. The number of carbonyl (C=O) groups is 1. The Balaban J connectivity index is 1.25. The van der Waals surface area contributed by atoms with E-state index in [1.807, 2.05) is 47.0 Å². The smallest absolute Gasteiger partial charge is 0.323 e. The quantitative estimate of drug-likeness (QED) is 0.736. The highest BCUT2D eigenvalue weighted by Gasteiger charge is 2.38. The summed E-state index contributed by atoms with van der Waals surface area (Å²) in [5.41, 5.74) is 3.07. The molecule has 0 spiro atoms. The van der Waals surface area contributed by atoms with Crippen LogP contribution in [0.3, 0.4) is 0 Å². The molecule has 7 nitrogen and oxygen atoms in total. The summed E-state index contributed by atoms with van der Waals surface area (Å²) >= 11 is 0. The van der Waals surface area contributed by atoms with Crippen LogP contribution in [0.5, 0.6) is 0 Å². The van der Waals surface area contributed by atoms with E-state index >= 15 is 0 Å². The maximum absolute atomic E-state index is 12.9. The molecule has 5 rings (SSSR count). The van der Waals surface area contributed by atoms with E-state index in [4.69, 9.17) is 5.41 Å². The fourth-order valence-electron chi connectivity index (χ4n) is 4.36. The Labute approximate surface area is 162 Å². The molecular weight excluding hydrogens is 352 g/mol. The van der Waals surface area contributed by atoms with Crippen LogP contribution in [0.1, 0.15) is 48.9 Å². The highest BCUT2D eigenvalue weighted by molar-refractivity contribution is 5.98. The van der Waals surface area contributed by atoms with Crippen LogP contribution >= 0.6 is 0 Å². The molecule has 1 aliphatic heterocycles. The SMILES string of the molecule is N=C1CC[C@@H](c2ccccc2)N1C(=O)NC1CC(c2cccc3ncnn23)C1. The van der Waals surface area contributed by atoms with Gasteiger partial charge in [-0.15, -0.1) is 0 Å². The van der Waals surface area contributed by atoms with E-state index < -0.39 is 0 Å². The van der Waals surface area contributed by atoms with E-state index in [0.29, 0.717) is 18.2 Å². The molecule has 2 aromatic heterocycles. The van der Waals surface area contributed by atoms with Crippen molar-refractivity contribution in [3.63, 3.8) is 0 Å². The minimum atomic E-state index is -0.154. The molecule has 1 atom stereocenters.